The van der Waals surface area contributed by atoms with Gasteiger partial charge in [-0.1, -0.05) is 25.7 Å². The van der Waals surface area contributed by atoms with Gasteiger partial charge in [-0.3, -0.25) is 4.99 Å². The standard InChI is InChI=1S/C15H31N5O2S/c1-19(2)23(21,22)20-11-7-6-10-14(20)12-17-15(16)18-13-8-4-3-5-9-13/h13-14H,3-12H2,1-2H3,(H3,16,17,18). The average Bonchev–Trinajstić information content (AvgIpc) is 2.54. The number of piperidine rings is 1. The minimum absolute atomic E-state index is 0.0946. The van der Waals surface area contributed by atoms with Crippen molar-refractivity contribution < 1.29 is 8.42 Å². The topological polar surface area (TPSA) is 91.0 Å². The summed E-state index contributed by atoms with van der Waals surface area (Å²) in [7, 11) is -0.243. The van der Waals surface area contributed by atoms with Crippen molar-refractivity contribution in [1.29, 1.82) is 0 Å². The van der Waals surface area contributed by atoms with E-state index in [0.29, 0.717) is 25.1 Å². The fourth-order valence-electron chi connectivity index (χ4n) is 3.38. The van der Waals surface area contributed by atoms with Crippen LogP contribution in [0.5, 0.6) is 0 Å². The van der Waals surface area contributed by atoms with Gasteiger partial charge in [0.2, 0.25) is 0 Å². The van der Waals surface area contributed by atoms with Crippen LogP contribution in [-0.2, 0) is 10.2 Å². The fraction of sp³-hybridized carbons (Fsp3) is 0.933. The molecular weight excluding hydrogens is 314 g/mol. The molecule has 0 amide bonds. The van der Waals surface area contributed by atoms with Gasteiger partial charge in [-0.05, 0) is 25.7 Å². The van der Waals surface area contributed by atoms with Gasteiger partial charge < -0.3 is 11.1 Å². The normalized spacial score (nSPS) is 25.7. The first-order valence-corrected chi connectivity index (χ1v) is 10.1. The molecule has 2 aliphatic rings. The summed E-state index contributed by atoms with van der Waals surface area (Å²) < 4.78 is 27.7. The lowest BCUT2D eigenvalue weighted by Gasteiger charge is -2.35. The third-order valence-electron chi connectivity index (χ3n) is 4.76. The first-order valence-electron chi connectivity index (χ1n) is 8.67. The van der Waals surface area contributed by atoms with Gasteiger partial charge in [0, 0.05) is 32.7 Å². The highest BCUT2D eigenvalue weighted by molar-refractivity contribution is 7.86. The van der Waals surface area contributed by atoms with Crippen LogP contribution < -0.4 is 11.1 Å². The van der Waals surface area contributed by atoms with Gasteiger partial charge in [0.25, 0.3) is 10.2 Å². The number of guanidine groups is 1. The minimum Gasteiger partial charge on any atom is -0.370 e. The lowest BCUT2D eigenvalue weighted by Crippen LogP contribution is -2.50. The summed E-state index contributed by atoms with van der Waals surface area (Å²) >= 11 is 0. The second-order valence-electron chi connectivity index (χ2n) is 6.76. The molecule has 3 N–H and O–H groups in total. The van der Waals surface area contributed by atoms with Gasteiger partial charge in [-0.2, -0.15) is 17.0 Å². The van der Waals surface area contributed by atoms with Crippen molar-refractivity contribution in [2.75, 3.05) is 27.2 Å². The molecule has 1 saturated carbocycles. The van der Waals surface area contributed by atoms with E-state index in [0.717, 1.165) is 32.1 Å². The second-order valence-corrected chi connectivity index (χ2v) is 8.85. The molecule has 2 rings (SSSR count). The van der Waals surface area contributed by atoms with E-state index in [1.165, 1.54) is 23.6 Å². The monoisotopic (exact) mass is 345 g/mol. The van der Waals surface area contributed by atoms with Gasteiger partial charge >= 0.3 is 0 Å². The Bertz CT molecular complexity index is 500. The summed E-state index contributed by atoms with van der Waals surface area (Å²) in [6.07, 6.45) is 8.84. The maximum absolute atomic E-state index is 12.4. The number of aliphatic imine (C=N–C) groups is 1. The Morgan fingerprint density at radius 1 is 1.17 bits per heavy atom. The van der Waals surface area contributed by atoms with Gasteiger partial charge in [0.15, 0.2) is 5.96 Å². The summed E-state index contributed by atoms with van der Waals surface area (Å²) in [6.45, 7) is 0.995. The van der Waals surface area contributed by atoms with Crippen molar-refractivity contribution in [1.82, 2.24) is 13.9 Å². The summed E-state index contributed by atoms with van der Waals surface area (Å²) in [5.74, 6) is 0.449. The highest BCUT2D eigenvalue weighted by Gasteiger charge is 2.33. The van der Waals surface area contributed by atoms with Crippen molar-refractivity contribution in [2.45, 2.75) is 63.5 Å². The van der Waals surface area contributed by atoms with Crippen LogP contribution in [0.4, 0.5) is 0 Å². The molecule has 1 unspecified atom stereocenters. The third-order valence-corrected chi connectivity index (χ3v) is 6.76. The van der Waals surface area contributed by atoms with Crippen LogP contribution in [0.2, 0.25) is 0 Å². The maximum Gasteiger partial charge on any atom is 0.281 e. The van der Waals surface area contributed by atoms with Gasteiger partial charge in [0.05, 0.1) is 6.54 Å². The number of hydrogen-bond acceptors (Lipinski definition) is 3. The minimum atomic E-state index is -3.39. The van der Waals surface area contributed by atoms with Crippen LogP contribution in [0.15, 0.2) is 4.99 Å². The molecule has 134 valence electrons. The Morgan fingerprint density at radius 2 is 1.83 bits per heavy atom. The van der Waals surface area contributed by atoms with E-state index < -0.39 is 10.2 Å². The molecule has 0 spiro atoms. The predicted octanol–water partition coefficient (Wildman–Crippen LogP) is 0.884. The van der Waals surface area contributed by atoms with Crippen LogP contribution in [0, 0.1) is 0 Å². The van der Waals surface area contributed by atoms with E-state index in [-0.39, 0.29) is 6.04 Å². The largest absolute Gasteiger partial charge is 0.370 e. The molecule has 1 aliphatic carbocycles. The molecule has 0 bridgehead atoms. The second kappa shape index (κ2) is 8.30. The van der Waals surface area contributed by atoms with E-state index in [1.807, 2.05) is 0 Å². The molecule has 7 nitrogen and oxygen atoms in total. The lowest BCUT2D eigenvalue weighted by molar-refractivity contribution is 0.245. The van der Waals surface area contributed by atoms with Crippen molar-refractivity contribution in [3.05, 3.63) is 0 Å². The van der Waals surface area contributed by atoms with Gasteiger partial charge in [-0.25, -0.2) is 0 Å². The van der Waals surface area contributed by atoms with E-state index in [4.69, 9.17) is 5.73 Å². The zero-order chi connectivity index (χ0) is 16.9. The van der Waals surface area contributed by atoms with E-state index >= 15 is 0 Å². The average molecular weight is 346 g/mol. The Balaban J connectivity index is 1.94. The molecule has 1 saturated heterocycles. The van der Waals surface area contributed by atoms with Gasteiger partial charge in [-0.15, -0.1) is 0 Å². The molecule has 2 fully saturated rings. The predicted molar refractivity (Wildman–Crippen MR) is 93.4 cm³/mol. The Labute approximate surface area is 140 Å². The van der Waals surface area contributed by atoms with Crippen molar-refractivity contribution in [3.8, 4) is 0 Å². The lowest BCUT2D eigenvalue weighted by atomic mass is 9.96. The Morgan fingerprint density at radius 3 is 2.48 bits per heavy atom. The quantitative estimate of drug-likeness (QED) is 0.572. The van der Waals surface area contributed by atoms with E-state index in [2.05, 4.69) is 10.3 Å². The Kier molecular flexibility index (Phi) is 6.67. The van der Waals surface area contributed by atoms with Crippen molar-refractivity contribution >= 4 is 16.2 Å². The van der Waals surface area contributed by atoms with E-state index in [9.17, 15) is 8.42 Å². The van der Waals surface area contributed by atoms with Crippen molar-refractivity contribution in [3.63, 3.8) is 0 Å². The third kappa shape index (κ3) is 5.06. The molecule has 8 heteroatoms. The molecular formula is C15H31N5O2S. The smallest absolute Gasteiger partial charge is 0.281 e. The zero-order valence-electron chi connectivity index (χ0n) is 14.4. The number of hydrogen-bond donors (Lipinski definition) is 2. The number of nitrogens with zero attached hydrogens (tertiary/aromatic N) is 3. The Hall–Kier alpha value is -0.860. The van der Waals surface area contributed by atoms with Crippen LogP contribution in [0.1, 0.15) is 51.4 Å². The first kappa shape index (κ1) is 18.5. The molecule has 0 aromatic heterocycles. The van der Waals surface area contributed by atoms with Crippen LogP contribution >= 0.6 is 0 Å². The fourth-order valence-corrected chi connectivity index (χ4v) is 4.70. The SMILES string of the molecule is CN(C)S(=O)(=O)N1CCCCC1CN=C(N)NC1CCCCC1. The highest BCUT2D eigenvalue weighted by Crippen LogP contribution is 2.22. The van der Waals surface area contributed by atoms with Crippen LogP contribution in [-0.4, -0.2) is 62.3 Å². The highest BCUT2D eigenvalue weighted by atomic mass is 32.2. The molecule has 1 atom stereocenters. The molecule has 0 radical (unpaired) electrons. The van der Waals surface area contributed by atoms with Crippen molar-refractivity contribution in [2.24, 2.45) is 10.7 Å². The molecule has 23 heavy (non-hydrogen) atoms. The zero-order valence-corrected chi connectivity index (χ0v) is 15.2. The molecule has 1 heterocycles. The summed E-state index contributed by atoms with van der Waals surface area (Å²) in [5, 5.41) is 3.28. The van der Waals surface area contributed by atoms with E-state index in [1.54, 1.807) is 18.4 Å². The maximum atomic E-state index is 12.4. The first-order chi connectivity index (χ1) is 10.9. The summed E-state index contributed by atoms with van der Waals surface area (Å²) in [5.41, 5.74) is 6.00. The molecule has 0 aromatic carbocycles. The summed E-state index contributed by atoms with van der Waals surface area (Å²) in [6, 6.07) is 0.323. The number of nitrogens with two attached hydrogens (primary N) is 1. The molecule has 1 aliphatic heterocycles. The number of rotatable bonds is 5. The molecule has 0 aromatic rings. The van der Waals surface area contributed by atoms with Crippen LogP contribution in [0.3, 0.4) is 0 Å². The van der Waals surface area contributed by atoms with Gasteiger partial charge in [0.1, 0.15) is 0 Å². The van der Waals surface area contributed by atoms with Crippen LogP contribution in [0.25, 0.3) is 0 Å². The summed E-state index contributed by atoms with van der Waals surface area (Å²) in [4.78, 5) is 4.42. The number of nitrogens with one attached hydrogen (secondary N) is 1.